The van der Waals surface area contributed by atoms with E-state index in [0.717, 1.165) is 28.1 Å². The van der Waals surface area contributed by atoms with Crippen LogP contribution in [0.2, 0.25) is 0 Å². The first-order valence-electron chi connectivity index (χ1n) is 9.47. The van der Waals surface area contributed by atoms with Crippen molar-refractivity contribution >= 4 is 38.6 Å². The van der Waals surface area contributed by atoms with Crippen LogP contribution < -0.4 is 10.3 Å². The lowest BCUT2D eigenvalue weighted by Gasteiger charge is -2.23. The predicted octanol–water partition coefficient (Wildman–Crippen LogP) is 2.08. The highest BCUT2D eigenvalue weighted by Gasteiger charge is 2.44. The minimum absolute atomic E-state index is 0.0700. The summed E-state index contributed by atoms with van der Waals surface area (Å²) in [5, 5.41) is -0.588. The molecule has 1 saturated heterocycles. The van der Waals surface area contributed by atoms with Crippen molar-refractivity contribution in [2.45, 2.75) is 40.6 Å². The Morgan fingerprint density at radius 3 is 2.30 bits per heavy atom. The zero-order valence-corrected chi connectivity index (χ0v) is 19.6. The molecule has 180 valence electrons. The predicted molar refractivity (Wildman–Crippen MR) is 116 cm³/mol. The maximum Gasteiger partial charge on any atom is 0.416 e. The molecule has 1 heterocycles. The van der Waals surface area contributed by atoms with Gasteiger partial charge in [0.15, 0.2) is 0 Å². The molecule has 0 bridgehead atoms. The highest BCUT2D eigenvalue weighted by atomic mass is 32.2. The summed E-state index contributed by atoms with van der Waals surface area (Å²) in [6.45, 7) is 1.52. The Bertz CT molecular complexity index is 1250. The van der Waals surface area contributed by atoms with Crippen LogP contribution in [0.1, 0.15) is 17.5 Å². The fourth-order valence-corrected chi connectivity index (χ4v) is 6.26. The maximum absolute atomic E-state index is 13.0. The molecule has 8 nitrogen and oxygen atoms in total. The van der Waals surface area contributed by atoms with Crippen molar-refractivity contribution in [2.75, 3.05) is 6.54 Å². The number of nitrogens with zero attached hydrogens (tertiary/aromatic N) is 1. The second-order valence-electron chi connectivity index (χ2n) is 7.41. The van der Waals surface area contributed by atoms with E-state index in [-0.39, 0.29) is 17.9 Å². The van der Waals surface area contributed by atoms with Gasteiger partial charge in [-0.15, -0.1) is 4.83 Å². The molecule has 2 N–H and O–H groups in total. The summed E-state index contributed by atoms with van der Waals surface area (Å²) in [6.07, 6.45) is -4.83. The third kappa shape index (κ3) is 5.69. The number of hydrazine groups is 1. The number of sulfonamides is 2. The van der Waals surface area contributed by atoms with Crippen molar-refractivity contribution in [1.29, 1.82) is 0 Å². The number of hydrogen-bond acceptors (Lipinski definition) is 6. The molecule has 2 aromatic carbocycles. The number of thiol groups is 1. The number of alkyl halides is 3. The molecule has 0 aliphatic carbocycles. The van der Waals surface area contributed by atoms with Crippen LogP contribution in [0.15, 0.2) is 58.3 Å². The molecular formula is C19H20F3N3O5S3. The lowest BCUT2D eigenvalue weighted by molar-refractivity contribution is -0.137. The van der Waals surface area contributed by atoms with Gasteiger partial charge in [-0.1, -0.05) is 23.8 Å². The number of hydrogen-bond donors (Lipinski definition) is 3. The van der Waals surface area contributed by atoms with E-state index in [0.29, 0.717) is 6.07 Å². The molecule has 0 spiro atoms. The van der Waals surface area contributed by atoms with Gasteiger partial charge in [-0.3, -0.25) is 10.2 Å². The second-order valence-corrected chi connectivity index (χ2v) is 11.7. The van der Waals surface area contributed by atoms with Crippen molar-refractivity contribution in [2.24, 2.45) is 0 Å². The smallest absolute Gasteiger partial charge is 0.276 e. The van der Waals surface area contributed by atoms with Gasteiger partial charge in [-0.2, -0.15) is 30.1 Å². The molecule has 1 amide bonds. The summed E-state index contributed by atoms with van der Waals surface area (Å²) in [4.78, 5) is 13.8. The van der Waals surface area contributed by atoms with E-state index in [1.165, 1.54) is 12.1 Å². The Morgan fingerprint density at radius 1 is 1.06 bits per heavy atom. The molecule has 1 aliphatic heterocycles. The first-order chi connectivity index (χ1) is 15.2. The zero-order chi connectivity index (χ0) is 24.6. The summed E-state index contributed by atoms with van der Waals surface area (Å²) in [7, 11) is -8.65. The quantitative estimate of drug-likeness (QED) is 0.397. The number of amides is 1. The van der Waals surface area contributed by atoms with Crippen molar-refractivity contribution in [3.05, 3.63) is 59.7 Å². The molecule has 0 saturated carbocycles. The minimum Gasteiger partial charge on any atom is -0.276 e. The number of halogens is 3. The molecule has 2 aromatic rings. The third-order valence-corrected chi connectivity index (χ3v) is 8.45. The summed E-state index contributed by atoms with van der Waals surface area (Å²) >= 11 is 4.20. The first kappa shape index (κ1) is 25.5. The Kier molecular flexibility index (Phi) is 7.15. The Hall–Kier alpha value is -2.13. The highest BCUT2D eigenvalue weighted by molar-refractivity contribution is 7.89. The van der Waals surface area contributed by atoms with Crippen LogP contribution in [0.3, 0.4) is 0 Å². The number of rotatable bonds is 6. The number of carbonyl (C=O) groups is 1. The molecule has 1 aliphatic rings. The molecule has 14 heteroatoms. The minimum atomic E-state index is -4.76. The SMILES string of the molecule is Cc1ccc(S(=O)(=O)NNC(=O)[C@@H]2C[C@@H](S)CN2S(=O)(=O)c2cccc(C(F)(F)F)c2)cc1. The lowest BCUT2D eigenvalue weighted by atomic mass is 10.2. The van der Waals surface area contributed by atoms with E-state index in [9.17, 15) is 34.8 Å². The van der Waals surface area contributed by atoms with Gasteiger partial charge in [0.2, 0.25) is 10.0 Å². The van der Waals surface area contributed by atoms with E-state index in [2.05, 4.69) is 12.6 Å². The van der Waals surface area contributed by atoms with Crippen molar-refractivity contribution < 1.29 is 34.8 Å². The summed E-state index contributed by atoms with van der Waals surface area (Å²) in [5.74, 6) is -0.988. The van der Waals surface area contributed by atoms with Crippen LogP contribution in [0.25, 0.3) is 0 Å². The van der Waals surface area contributed by atoms with Crippen molar-refractivity contribution in [3.63, 3.8) is 0 Å². The Labute approximate surface area is 194 Å². The van der Waals surface area contributed by atoms with Crippen LogP contribution in [0.4, 0.5) is 13.2 Å². The summed E-state index contributed by atoms with van der Waals surface area (Å²) < 4.78 is 90.6. The Balaban J connectivity index is 1.81. The van der Waals surface area contributed by atoms with Gasteiger partial charge in [0.05, 0.1) is 15.4 Å². The van der Waals surface area contributed by atoms with Crippen molar-refractivity contribution in [3.8, 4) is 0 Å². The van der Waals surface area contributed by atoms with Gasteiger partial charge in [-0.05, 0) is 43.7 Å². The molecule has 3 rings (SSSR count). The van der Waals surface area contributed by atoms with E-state index in [1.807, 2.05) is 10.3 Å². The Morgan fingerprint density at radius 2 is 1.70 bits per heavy atom. The van der Waals surface area contributed by atoms with Crippen LogP contribution in [-0.4, -0.2) is 44.9 Å². The van der Waals surface area contributed by atoms with Crippen molar-refractivity contribution in [1.82, 2.24) is 14.6 Å². The van der Waals surface area contributed by atoms with Gasteiger partial charge in [0, 0.05) is 11.8 Å². The number of benzene rings is 2. The third-order valence-electron chi connectivity index (χ3n) is 4.94. The fourth-order valence-electron chi connectivity index (χ4n) is 3.23. The monoisotopic (exact) mass is 523 g/mol. The van der Waals surface area contributed by atoms with Gasteiger partial charge >= 0.3 is 6.18 Å². The topological polar surface area (TPSA) is 113 Å². The molecule has 0 unspecified atom stereocenters. The summed E-state index contributed by atoms with van der Waals surface area (Å²) in [5.41, 5.74) is 1.65. The zero-order valence-electron chi connectivity index (χ0n) is 17.1. The molecule has 1 fully saturated rings. The first-order valence-corrected chi connectivity index (χ1v) is 12.9. The molecular weight excluding hydrogens is 503 g/mol. The van der Waals surface area contributed by atoms with Gasteiger partial charge in [-0.25, -0.2) is 16.8 Å². The van der Waals surface area contributed by atoms with Gasteiger partial charge in [0.25, 0.3) is 15.9 Å². The van der Waals surface area contributed by atoms with Crippen LogP contribution in [0.5, 0.6) is 0 Å². The molecule has 0 aromatic heterocycles. The normalized spacial score (nSPS) is 20.0. The van der Waals surface area contributed by atoms with E-state index in [1.54, 1.807) is 19.1 Å². The number of nitrogens with one attached hydrogen (secondary N) is 2. The molecule has 33 heavy (non-hydrogen) atoms. The lowest BCUT2D eigenvalue weighted by Crippen LogP contribution is -2.51. The number of aryl methyl sites for hydroxylation is 1. The largest absolute Gasteiger partial charge is 0.416 e. The summed E-state index contributed by atoms with van der Waals surface area (Å²) in [6, 6.07) is 7.55. The van der Waals surface area contributed by atoms with Crippen LogP contribution in [0, 0.1) is 6.92 Å². The average molecular weight is 524 g/mol. The van der Waals surface area contributed by atoms with E-state index in [4.69, 9.17) is 0 Å². The van der Waals surface area contributed by atoms with Crippen LogP contribution in [-0.2, 0) is 31.0 Å². The van der Waals surface area contributed by atoms with Crippen LogP contribution >= 0.6 is 12.6 Å². The van der Waals surface area contributed by atoms with E-state index >= 15 is 0 Å². The highest BCUT2D eigenvalue weighted by Crippen LogP contribution is 2.33. The number of carbonyl (C=O) groups excluding carboxylic acids is 1. The van der Waals surface area contributed by atoms with Gasteiger partial charge < -0.3 is 0 Å². The molecule has 0 radical (unpaired) electrons. The standard InChI is InChI=1S/C19H20F3N3O5S3/c1-12-5-7-15(8-6-12)32(27,28)24-23-18(26)17-10-14(31)11-25(17)33(29,30)16-4-2-3-13(9-16)19(20,21)22/h2-9,14,17,24,31H,10-11H2,1H3,(H,23,26)/t14-,17+/m1/s1. The fraction of sp³-hybridized carbons (Fsp3) is 0.316. The van der Waals surface area contributed by atoms with E-state index < -0.39 is 53.9 Å². The molecule has 2 atom stereocenters. The average Bonchev–Trinajstić information content (AvgIpc) is 3.14. The second kappa shape index (κ2) is 9.25. The van der Waals surface area contributed by atoms with Gasteiger partial charge in [0.1, 0.15) is 6.04 Å². The maximum atomic E-state index is 13.0.